The van der Waals surface area contributed by atoms with Gasteiger partial charge in [0.1, 0.15) is 18.1 Å². The summed E-state index contributed by atoms with van der Waals surface area (Å²) in [6, 6.07) is 19.2. The van der Waals surface area contributed by atoms with E-state index < -0.39 is 0 Å². The Morgan fingerprint density at radius 3 is 2.71 bits per heavy atom. The van der Waals surface area contributed by atoms with Crippen molar-refractivity contribution in [1.29, 1.82) is 0 Å². The van der Waals surface area contributed by atoms with Crippen LogP contribution in [-0.4, -0.2) is 10.9 Å². The molecular formula is C22H20N2O3S. The highest BCUT2D eigenvalue weighted by Crippen LogP contribution is 2.26. The Morgan fingerprint density at radius 1 is 1.11 bits per heavy atom. The molecule has 0 aliphatic carbocycles. The summed E-state index contributed by atoms with van der Waals surface area (Å²) in [5.41, 5.74) is 2.16. The molecule has 5 nitrogen and oxygen atoms in total. The first-order chi connectivity index (χ1) is 13.7. The molecule has 142 valence electrons. The Morgan fingerprint density at radius 2 is 1.93 bits per heavy atom. The molecular weight excluding hydrogens is 372 g/mol. The minimum atomic E-state index is -0.325. The molecule has 28 heavy (non-hydrogen) atoms. The Hall–Kier alpha value is -3.12. The largest absolute Gasteiger partial charge is 0.486 e. The summed E-state index contributed by atoms with van der Waals surface area (Å²) in [6.07, 6.45) is 2.18. The topological polar surface area (TPSA) is 64.4 Å². The summed E-state index contributed by atoms with van der Waals surface area (Å²) in [7, 11) is 0. The van der Waals surface area contributed by atoms with Gasteiger partial charge in [0.15, 0.2) is 10.9 Å². The second kappa shape index (κ2) is 8.27. The molecule has 0 aliphatic heterocycles. The first-order valence-corrected chi connectivity index (χ1v) is 10.0. The van der Waals surface area contributed by atoms with Crippen LogP contribution in [0.15, 0.2) is 65.1 Å². The fraction of sp³-hybridized carbons (Fsp3) is 0.182. The predicted molar refractivity (Wildman–Crippen MR) is 111 cm³/mol. The number of hydrogen-bond acceptors (Lipinski definition) is 5. The molecule has 0 unspecified atom stereocenters. The zero-order valence-electron chi connectivity index (χ0n) is 15.5. The van der Waals surface area contributed by atoms with E-state index in [0.717, 1.165) is 28.8 Å². The quantitative estimate of drug-likeness (QED) is 0.440. The van der Waals surface area contributed by atoms with Crippen molar-refractivity contribution in [2.75, 3.05) is 5.32 Å². The van der Waals surface area contributed by atoms with Gasteiger partial charge in [-0.1, -0.05) is 48.9 Å². The van der Waals surface area contributed by atoms with Crippen LogP contribution in [0.4, 0.5) is 5.13 Å². The number of anilines is 1. The molecule has 0 aliphatic rings. The number of hydrogen-bond donors (Lipinski definition) is 1. The van der Waals surface area contributed by atoms with Crippen molar-refractivity contribution < 1.29 is 13.9 Å². The maximum absolute atomic E-state index is 12.4. The highest BCUT2D eigenvalue weighted by molar-refractivity contribution is 7.22. The lowest BCUT2D eigenvalue weighted by Gasteiger charge is -2.05. The Bertz CT molecular complexity index is 1050. The number of aromatic nitrogens is 1. The summed E-state index contributed by atoms with van der Waals surface area (Å²) < 4.78 is 12.4. The van der Waals surface area contributed by atoms with E-state index in [1.807, 2.05) is 36.4 Å². The number of nitrogens with zero attached hydrogens (tertiary/aromatic N) is 1. The lowest BCUT2D eigenvalue weighted by atomic mass is 10.1. The lowest BCUT2D eigenvalue weighted by molar-refractivity contribution is 0.0992. The van der Waals surface area contributed by atoms with E-state index in [0.29, 0.717) is 10.9 Å². The normalized spacial score (nSPS) is 10.9. The van der Waals surface area contributed by atoms with Crippen LogP contribution in [0.1, 0.15) is 35.2 Å². The third-order valence-electron chi connectivity index (χ3n) is 4.24. The van der Waals surface area contributed by atoms with Crippen LogP contribution >= 0.6 is 11.3 Å². The molecule has 0 atom stereocenters. The fourth-order valence-corrected chi connectivity index (χ4v) is 3.72. The van der Waals surface area contributed by atoms with Crippen molar-refractivity contribution in [1.82, 2.24) is 4.98 Å². The molecule has 4 aromatic rings. The molecule has 0 bridgehead atoms. The van der Waals surface area contributed by atoms with Gasteiger partial charge in [0, 0.05) is 0 Å². The van der Waals surface area contributed by atoms with Crippen LogP contribution in [0.2, 0.25) is 0 Å². The van der Waals surface area contributed by atoms with Crippen molar-refractivity contribution in [3.8, 4) is 5.75 Å². The zero-order valence-corrected chi connectivity index (χ0v) is 16.3. The smallest absolute Gasteiger partial charge is 0.293 e. The van der Waals surface area contributed by atoms with Gasteiger partial charge in [-0.2, -0.15) is 0 Å². The van der Waals surface area contributed by atoms with Crippen molar-refractivity contribution in [3.63, 3.8) is 0 Å². The first kappa shape index (κ1) is 18.3. The number of carbonyl (C=O) groups is 1. The van der Waals surface area contributed by atoms with E-state index in [9.17, 15) is 4.79 Å². The van der Waals surface area contributed by atoms with Gasteiger partial charge in [-0.15, -0.1) is 0 Å². The van der Waals surface area contributed by atoms with Gasteiger partial charge in [0.25, 0.3) is 5.91 Å². The first-order valence-electron chi connectivity index (χ1n) is 9.18. The standard InChI is InChI=1S/C22H20N2O3S/c1-2-5-15-8-10-16(11-9-15)26-14-17-12-13-19(27-17)21(25)24-22-23-18-6-3-4-7-20(18)28-22/h3-4,6-13H,2,5,14H2,1H3,(H,23,24,25). The molecule has 0 radical (unpaired) electrons. The number of amides is 1. The maximum Gasteiger partial charge on any atom is 0.293 e. The van der Waals surface area contributed by atoms with Gasteiger partial charge in [0.05, 0.1) is 10.2 Å². The Labute approximate surface area is 167 Å². The fourth-order valence-electron chi connectivity index (χ4n) is 2.86. The molecule has 0 saturated carbocycles. The number of ether oxygens (including phenoxy) is 1. The lowest BCUT2D eigenvalue weighted by Crippen LogP contribution is -2.10. The summed E-state index contributed by atoms with van der Waals surface area (Å²) in [6.45, 7) is 2.42. The predicted octanol–water partition coefficient (Wildman–Crippen LogP) is 5.67. The van der Waals surface area contributed by atoms with Crippen LogP contribution in [0.5, 0.6) is 5.75 Å². The number of furan rings is 1. The zero-order chi connectivity index (χ0) is 19.3. The van der Waals surface area contributed by atoms with Gasteiger partial charge in [-0.3, -0.25) is 10.1 Å². The molecule has 2 aromatic carbocycles. The Balaban J connectivity index is 1.36. The van der Waals surface area contributed by atoms with Crippen molar-refractivity contribution in [2.24, 2.45) is 0 Å². The van der Waals surface area contributed by atoms with Crippen LogP contribution in [0.3, 0.4) is 0 Å². The Kier molecular flexibility index (Phi) is 5.39. The van der Waals surface area contributed by atoms with E-state index in [2.05, 4.69) is 29.4 Å². The average molecular weight is 392 g/mol. The number of fused-ring (bicyclic) bond motifs is 1. The van der Waals surface area contributed by atoms with Gasteiger partial charge in [-0.05, 0) is 48.4 Å². The summed E-state index contributed by atoms with van der Waals surface area (Å²) >= 11 is 1.43. The second-order valence-corrected chi connectivity index (χ2v) is 7.42. The van der Waals surface area contributed by atoms with E-state index >= 15 is 0 Å². The third-order valence-corrected chi connectivity index (χ3v) is 5.19. The minimum absolute atomic E-state index is 0.233. The average Bonchev–Trinajstić information content (AvgIpc) is 3.34. The summed E-state index contributed by atoms with van der Waals surface area (Å²) in [5, 5.41) is 3.34. The van der Waals surface area contributed by atoms with E-state index in [4.69, 9.17) is 9.15 Å². The third kappa shape index (κ3) is 4.23. The SMILES string of the molecule is CCCc1ccc(OCc2ccc(C(=O)Nc3nc4ccccc4s3)o2)cc1. The van der Waals surface area contributed by atoms with Crippen LogP contribution in [0.25, 0.3) is 10.2 Å². The van der Waals surface area contributed by atoms with Crippen LogP contribution in [0, 0.1) is 0 Å². The van der Waals surface area contributed by atoms with Crippen LogP contribution in [-0.2, 0) is 13.0 Å². The molecule has 2 heterocycles. The van der Waals surface area contributed by atoms with Crippen molar-refractivity contribution >= 4 is 32.6 Å². The molecule has 2 aromatic heterocycles. The minimum Gasteiger partial charge on any atom is -0.486 e. The molecule has 6 heteroatoms. The molecule has 0 saturated heterocycles. The van der Waals surface area contributed by atoms with E-state index in [1.54, 1.807) is 12.1 Å². The number of benzene rings is 2. The number of aryl methyl sites for hydroxylation is 1. The molecule has 1 amide bonds. The van der Waals surface area contributed by atoms with Gasteiger partial charge < -0.3 is 9.15 Å². The monoisotopic (exact) mass is 392 g/mol. The highest BCUT2D eigenvalue weighted by Gasteiger charge is 2.14. The number of para-hydroxylation sites is 1. The van der Waals surface area contributed by atoms with Crippen LogP contribution < -0.4 is 10.1 Å². The van der Waals surface area contributed by atoms with E-state index in [1.165, 1.54) is 16.9 Å². The highest BCUT2D eigenvalue weighted by atomic mass is 32.1. The summed E-state index contributed by atoms with van der Waals surface area (Å²) in [4.78, 5) is 16.8. The molecule has 4 rings (SSSR count). The van der Waals surface area contributed by atoms with Gasteiger partial charge in [0.2, 0.25) is 0 Å². The maximum atomic E-state index is 12.4. The van der Waals surface area contributed by atoms with Gasteiger partial charge in [-0.25, -0.2) is 4.98 Å². The molecule has 1 N–H and O–H groups in total. The number of rotatable bonds is 7. The number of thiazole rings is 1. The van der Waals surface area contributed by atoms with E-state index in [-0.39, 0.29) is 18.3 Å². The number of nitrogens with one attached hydrogen (secondary N) is 1. The summed E-state index contributed by atoms with van der Waals surface area (Å²) in [5.74, 6) is 1.27. The van der Waals surface area contributed by atoms with Gasteiger partial charge >= 0.3 is 0 Å². The molecule has 0 fully saturated rings. The van der Waals surface area contributed by atoms with Crippen molar-refractivity contribution in [2.45, 2.75) is 26.4 Å². The second-order valence-electron chi connectivity index (χ2n) is 6.39. The molecule has 0 spiro atoms. The number of carbonyl (C=O) groups excluding carboxylic acids is 1. The van der Waals surface area contributed by atoms with Crippen molar-refractivity contribution in [3.05, 3.63) is 77.7 Å².